The number of carbonyl (C=O) groups excluding carboxylic acids is 1. The van der Waals surface area contributed by atoms with Gasteiger partial charge in [0, 0.05) is 0 Å². The molecule has 0 unspecified atom stereocenters. The van der Waals surface area contributed by atoms with E-state index in [2.05, 4.69) is 5.10 Å². The van der Waals surface area contributed by atoms with E-state index >= 15 is 0 Å². The van der Waals surface area contributed by atoms with E-state index in [-0.39, 0.29) is 19.0 Å². The van der Waals surface area contributed by atoms with Crippen LogP contribution >= 0.6 is 0 Å². The van der Waals surface area contributed by atoms with Gasteiger partial charge in [-0.2, -0.15) is 10.4 Å². The Labute approximate surface area is 111 Å². The first kappa shape index (κ1) is 14.8. The maximum absolute atomic E-state index is 11.3. The van der Waals surface area contributed by atoms with Crippen LogP contribution in [0.5, 0.6) is 0 Å². The molecule has 0 radical (unpaired) electrons. The zero-order valence-corrected chi connectivity index (χ0v) is 11.6. The van der Waals surface area contributed by atoms with Gasteiger partial charge in [-0.25, -0.2) is 9.48 Å². The molecule has 0 fully saturated rings. The minimum Gasteiger partial charge on any atom is -0.432 e. The molecule has 0 saturated heterocycles. The molecule has 1 rings (SSSR count). The lowest BCUT2D eigenvalue weighted by atomic mass is 10.2. The second-order valence-corrected chi connectivity index (χ2v) is 4.99. The highest BCUT2D eigenvalue weighted by molar-refractivity contribution is 5.60. The number of hydrogen-bond donors (Lipinski definition) is 1. The molecule has 1 aromatic heterocycles. The van der Waals surface area contributed by atoms with Crippen LogP contribution < -0.4 is 5.73 Å². The lowest BCUT2D eigenvalue weighted by Gasteiger charge is -2.18. The molecule has 0 aliphatic heterocycles. The van der Waals surface area contributed by atoms with Crippen molar-refractivity contribution >= 4 is 12.0 Å². The van der Waals surface area contributed by atoms with Crippen molar-refractivity contribution in [2.24, 2.45) is 0 Å². The van der Waals surface area contributed by atoms with Crippen LogP contribution in [-0.2, 0) is 16.0 Å². The Balaban J connectivity index is 2.51. The Morgan fingerprint density at radius 3 is 2.63 bits per heavy atom. The lowest BCUT2D eigenvalue weighted by Crippen LogP contribution is -2.25. The van der Waals surface area contributed by atoms with E-state index in [4.69, 9.17) is 20.5 Å². The summed E-state index contributed by atoms with van der Waals surface area (Å²) in [5.41, 5.74) is 6.05. The van der Waals surface area contributed by atoms with E-state index < -0.39 is 11.8 Å². The van der Waals surface area contributed by atoms with Crippen molar-refractivity contribution in [1.29, 1.82) is 5.26 Å². The van der Waals surface area contributed by atoms with Crippen LogP contribution in [0.3, 0.4) is 0 Å². The van der Waals surface area contributed by atoms with Crippen LogP contribution in [-0.4, -0.2) is 28.1 Å². The van der Waals surface area contributed by atoms with Crippen molar-refractivity contribution in [3.8, 4) is 6.07 Å². The fraction of sp³-hybridized carbons (Fsp3) is 0.583. The lowest BCUT2D eigenvalue weighted by molar-refractivity contribution is -0.00856. The van der Waals surface area contributed by atoms with Crippen molar-refractivity contribution in [2.75, 3.05) is 12.3 Å². The highest BCUT2D eigenvalue weighted by atomic mass is 16.7. The average molecular weight is 266 g/mol. The molecule has 0 amide bonds. The van der Waals surface area contributed by atoms with Crippen LogP contribution in [0, 0.1) is 18.3 Å². The van der Waals surface area contributed by atoms with E-state index in [9.17, 15) is 4.79 Å². The Morgan fingerprint density at radius 2 is 2.16 bits per heavy atom. The molecular formula is C12H18N4O3. The Morgan fingerprint density at radius 1 is 1.53 bits per heavy atom. The largest absolute Gasteiger partial charge is 0.508 e. The van der Waals surface area contributed by atoms with Gasteiger partial charge in [0.25, 0.3) is 0 Å². The molecule has 1 aromatic rings. The van der Waals surface area contributed by atoms with Gasteiger partial charge in [0.15, 0.2) is 0 Å². The molecule has 0 spiro atoms. The van der Waals surface area contributed by atoms with Crippen LogP contribution in [0.15, 0.2) is 0 Å². The Kier molecular flexibility index (Phi) is 4.38. The third-order valence-electron chi connectivity index (χ3n) is 2.19. The van der Waals surface area contributed by atoms with Crippen molar-refractivity contribution in [3.05, 3.63) is 11.3 Å². The van der Waals surface area contributed by atoms with Gasteiger partial charge in [-0.1, -0.05) is 0 Å². The van der Waals surface area contributed by atoms with Gasteiger partial charge >= 0.3 is 6.16 Å². The minimum atomic E-state index is -0.740. The molecule has 7 heteroatoms. The van der Waals surface area contributed by atoms with E-state index in [1.165, 1.54) is 4.68 Å². The van der Waals surface area contributed by atoms with E-state index in [1.54, 1.807) is 27.7 Å². The first-order valence-corrected chi connectivity index (χ1v) is 5.83. The minimum absolute atomic E-state index is 0.0745. The number of anilines is 1. The maximum atomic E-state index is 11.3. The zero-order valence-electron chi connectivity index (χ0n) is 11.6. The average Bonchev–Trinajstić information content (AvgIpc) is 2.51. The van der Waals surface area contributed by atoms with Crippen LogP contribution in [0.4, 0.5) is 10.6 Å². The second kappa shape index (κ2) is 5.61. The molecule has 104 valence electrons. The first-order valence-electron chi connectivity index (χ1n) is 5.83. The summed E-state index contributed by atoms with van der Waals surface area (Å²) in [6, 6.07) is 1.97. The zero-order chi connectivity index (χ0) is 14.6. The summed E-state index contributed by atoms with van der Waals surface area (Å²) in [5, 5.41) is 13.0. The van der Waals surface area contributed by atoms with Crippen LogP contribution in [0.1, 0.15) is 32.0 Å². The van der Waals surface area contributed by atoms with Gasteiger partial charge in [0.05, 0.1) is 12.2 Å². The molecule has 1 heterocycles. The van der Waals surface area contributed by atoms with E-state index in [0.717, 1.165) is 0 Å². The molecule has 0 aliphatic rings. The summed E-state index contributed by atoms with van der Waals surface area (Å²) in [5.74, 6) is 0.271. The highest BCUT2D eigenvalue weighted by Gasteiger charge is 2.17. The number of nitrogen functional groups attached to an aromatic ring is 1. The summed E-state index contributed by atoms with van der Waals surface area (Å²) in [4.78, 5) is 11.3. The number of ether oxygens (including phenoxy) is 2. The molecule has 0 saturated carbocycles. The van der Waals surface area contributed by atoms with Crippen molar-refractivity contribution < 1.29 is 14.3 Å². The fourth-order valence-corrected chi connectivity index (χ4v) is 1.40. The summed E-state index contributed by atoms with van der Waals surface area (Å²) in [6.45, 7) is 7.30. The van der Waals surface area contributed by atoms with Crippen LogP contribution in [0.25, 0.3) is 0 Å². The number of nitrogens with zero attached hydrogens (tertiary/aromatic N) is 3. The van der Waals surface area contributed by atoms with Gasteiger partial charge in [0.2, 0.25) is 0 Å². The highest BCUT2D eigenvalue weighted by Crippen LogP contribution is 2.14. The normalized spacial score (nSPS) is 10.9. The van der Waals surface area contributed by atoms with Crippen molar-refractivity contribution in [2.45, 2.75) is 39.8 Å². The predicted octanol–water partition coefficient (Wildman–Crippen LogP) is 1.60. The van der Waals surface area contributed by atoms with Gasteiger partial charge in [-0.15, -0.1) is 0 Å². The number of carbonyl (C=O) groups is 1. The molecule has 0 aliphatic carbocycles. The summed E-state index contributed by atoms with van der Waals surface area (Å²) in [6.07, 6.45) is -0.740. The molecule has 19 heavy (non-hydrogen) atoms. The molecular weight excluding hydrogens is 248 g/mol. The second-order valence-electron chi connectivity index (χ2n) is 4.99. The van der Waals surface area contributed by atoms with Gasteiger partial charge in [-0.3, -0.25) is 0 Å². The number of aryl methyl sites for hydroxylation is 1. The predicted molar refractivity (Wildman–Crippen MR) is 68.3 cm³/mol. The third-order valence-corrected chi connectivity index (χ3v) is 2.19. The van der Waals surface area contributed by atoms with Gasteiger partial charge in [0.1, 0.15) is 29.7 Å². The third kappa shape index (κ3) is 4.17. The maximum Gasteiger partial charge on any atom is 0.508 e. The summed E-state index contributed by atoms with van der Waals surface area (Å²) >= 11 is 0. The number of aromatic nitrogens is 2. The molecule has 0 aromatic carbocycles. The van der Waals surface area contributed by atoms with Gasteiger partial charge in [-0.05, 0) is 27.7 Å². The van der Waals surface area contributed by atoms with Gasteiger partial charge < -0.3 is 15.2 Å². The number of nitrogens with two attached hydrogens (primary N) is 1. The molecule has 0 bridgehead atoms. The van der Waals surface area contributed by atoms with Crippen molar-refractivity contribution in [1.82, 2.24) is 9.78 Å². The monoisotopic (exact) mass is 266 g/mol. The van der Waals surface area contributed by atoms with Crippen molar-refractivity contribution in [3.63, 3.8) is 0 Å². The number of rotatable bonds is 3. The van der Waals surface area contributed by atoms with E-state index in [0.29, 0.717) is 11.3 Å². The molecule has 7 nitrogen and oxygen atoms in total. The smallest absolute Gasteiger partial charge is 0.432 e. The molecule has 2 N–H and O–H groups in total. The summed E-state index contributed by atoms with van der Waals surface area (Å²) in [7, 11) is 0. The quantitative estimate of drug-likeness (QED) is 0.833. The Hall–Kier alpha value is -2.23. The Bertz CT molecular complexity index is 508. The SMILES string of the molecule is Cc1nn(CCOC(=O)OC(C)(C)C)c(N)c1C#N. The van der Waals surface area contributed by atoms with Crippen LogP contribution in [0.2, 0.25) is 0 Å². The first-order chi connectivity index (χ1) is 8.74. The standard InChI is InChI=1S/C12H18N4O3/c1-8-9(7-13)10(14)16(15-8)5-6-18-11(17)19-12(2,3)4/h5-6,14H2,1-4H3. The topological polar surface area (TPSA) is 103 Å². The number of nitriles is 1. The summed E-state index contributed by atoms with van der Waals surface area (Å²) < 4.78 is 11.3. The molecule has 0 atom stereocenters. The fourth-order valence-electron chi connectivity index (χ4n) is 1.40. The van der Waals surface area contributed by atoms with E-state index in [1.807, 2.05) is 6.07 Å². The number of hydrogen-bond acceptors (Lipinski definition) is 6.